The summed E-state index contributed by atoms with van der Waals surface area (Å²) < 4.78 is 5.11. The van der Waals surface area contributed by atoms with Gasteiger partial charge in [0.2, 0.25) is 0 Å². The lowest BCUT2D eigenvalue weighted by Gasteiger charge is -2.08. The first-order valence-electron chi connectivity index (χ1n) is 5.19. The Hall–Kier alpha value is -1.83. The zero-order valence-electron chi connectivity index (χ0n) is 9.64. The van der Waals surface area contributed by atoms with Crippen LogP contribution in [-0.2, 0) is 9.53 Å². The van der Waals surface area contributed by atoms with E-state index in [0.717, 1.165) is 5.56 Å². The molecule has 0 bridgehead atoms. The second-order valence-electron chi connectivity index (χ2n) is 3.66. The minimum absolute atomic E-state index is 0.246. The van der Waals surface area contributed by atoms with E-state index in [-0.39, 0.29) is 12.1 Å². The van der Waals surface area contributed by atoms with Gasteiger partial charge in [-0.15, -0.1) is 0 Å². The molecule has 1 rings (SSSR count). The summed E-state index contributed by atoms with van der Waals surface area (Å²) in [7, 11) is 0. The van der Waals surface area contributed by atoms with Crippen molar-refractivity contribution >= 4 is 12.0 Å². The van der Waals surface area contributed by atoms with Crippen molar-refractivity contribution in [2.75, 3.05) is 0 Å². The first kappa shape index (κ1) is 12.2. The maximum absolute atomic E-state index is 11.2. The normalized spacial score (nSPS) is 12.4. The lowest BCUT2D eigenvalue weighted by atomic mass is 10.2. The summed E-state index contributed by atoms with van der Waals surface area (Å²) in [5, 5.41) is 0. The molecule has 0 N–H and O–H groups in total. The highest BCUT2D eigenvalue weighted by Crippen LogP contribution is 2.05. The number of hydrogen-bond donors (Lipinski definition) is 0. The number of hydrogen-bond acceptors (Lipinski definition) is 2. The fourth-order valence-corrected chi connectivity index (χ4v) is 1.12. The highest BCUT2D eigenvalue weighted by atomic mass is 16.5. The molecule has 0 aliphatic rings. The molecule has 0 radical (unpaired) electrons. The van der Waals surface area contributed by atoms with Crippen LogP contribution < -0.4 is 0 Å². The van der Waals surface area contributed by atoms with Gasteiger partial charge in [0.05, 0.1) is 0 Å². The van der Waals surface area contributed by atoms with Crippen molar-refractivity contribution in [2.45, 2.75) is 20.0 Å². The van der Waals surface area contributed by atoms with Crippen LogP contribution in [-0.4, -0.2) is 12.1 Å². The topological polar surface area (TPSA) is 26.3 Å². The van der Waals surface area contributed by atoms with Crippen LogP contribution in [0.25, 0.3) is 6.08 Å². The van der Waals surface area contributed by atoms with Crippen LogP contribution in [0.5, 0.6) is 0 Å². The molecule has 2 heteroatoms. The van der Waals surface area contributed by atoms with Gasteiger partial charge in [0, 0.05) is 5.57 Å². The molecule has 0 aliphatic carbocycles. The molecule has 0 heterocycles. The average molecular weight is 216 g/mol. The summed E-state index contributed by atoms with van der Waals surface area (Å²) in [5.41, 5.74) is 1.50. The second kappa shape index (κ2) is 5.91. The molecular weight excluding hydrogens is 200 g/mol. The number of esters is 1. The third-order valence-electron chi connectivity index (χ3n) is 2.00. The number of carbonyl (C=O) groups excluding carboxylic acids is 1. The van der Waals surface area contributed by atoms with Crippen molar-refractivity contribution in [2.24, 2.45) is 0 Å². The number of benzene rings is 1. The highest BCUT2D eigenvalue weighted by molar-refractivity contribution is 5.87. The predicted octanol–water partition coefficient (Wildman–Crippen LogP) is 3.21. The van der Waals surface area contributed by atoms with E-state index in [0.29, 0.717) is 5.57 Å². The largest absolute Gasteiger partial charge is 0.455 e. The summed E-state index contributed by atoms with van der Waals surface area (Å²) in [4.78, 5) is 11.2. The van der Waals surface area contributed by atoms with Crippen LogP contribution in [0.1, 0.15) is 19.4 Å². The Balaban J connectivity index is 2.52. The minimum Gasteiger partial charge on any atom is -0.455 e. The van der Waals surface area contributed by atoms with E-state index in [9.17, 15) is 4.79 Å². The Morgan fingerprint density at radius 2 is 2.00 bits per heavy atom. The van der Waals surface area contributed by atoms with E-state index >= 15 is 0 Å². The maximum atomic E-state index is 11.2. The van der Waals surface area contributed by atoms with Gasteiger partial charge in [0.15, 0.2) is 0 Å². The summed E-state index contributed by atoms with van der Waals surface area (Å²) in [5.74, 6) is -0.356. The Kier molecular flexibility index (Phi) is 4.52. The third kappa shape index (κ3) is 4.13. The average Bonchev–Trinajstić information content (AvgIpc) is 2.27. The summed E-state index contributed by atoms with van der Waals surface area (Å²) >= 11 is 0. The van der Waals surface area contributed by atoms with Gasteiger partial charge in [0.1, 0.15) is 6.10 Å². The zero-order chi connectivity index (χ0) is 12.0. The summed E-state index contributed by atoms with van der Waals surface area (Å²) in [6.45, 7) is 6.98. The quantitative estimate of drug-likeness (QED) is 0.570. The molecule has 0 fully saturated rings. The van der Waals surface area contributed by atoms with Gasteiger partial charge in [-0.2, -0.15) is 0 Å². The smallest absolute Gasteiger partial charge is 0.333 e. The van der Waals surface area contributed by atoms with Gasteiger partial charge >= 0.3 is 5.97 Å². The number of ether oxygens (including phenoxy) is 1. The molecule has 0 saturated heterocycles. The van der Waals surface area contributed by atoms with E-state index in [1.54, 1.807) is 6.92 Å². The Labute approximate surface area is 96.2 Å². The fourth-order valence-electron chi connectivity index (χ4n) is 1.12. The van der Waals surface area contributed by atoms with Crippen molar-refractivity contribution in [3.05, 3.63) is 54.1 Å². The SMILES string of the molecule is C=C(C)C(=O)O[C@@H](C)/C=C/c1ccccc1. The van der Waals surface area contributed by atoms with Gasteiger partial charge in [-0.1, -0.05) is 43.0 Å². The van der Waals surface area contributed by atoms with Gasteiger partial charge in [-0.25, -0.2) is 4.79 Å². The van der Waals surface area contributed by atoms with Crippen LogP contribution in [0.2, 0.25) is 0 Å². The van der Waals surface area contributed by atoms with E-state index in [4.69, 9.17) is 4.74 Å². The monoisotopic (exact) mass is 216 g/mol. The Morgan fingerprint density at radius 3 is 2.56 bits per heavy atom. The molecule has 0 aromatic heterocycles. The lowest BCUT2D eigenvalue weighted by molar-refractivity contribution is -0.141. The minimum atomic E-state index is -0.356. The molecular formula is C14H16O2. The second-order valence-corrected chi connectivity index (χ2v) is 3.66. The fraction of sp³-hybridized carbons (Fsp3) is 0.214. The van der Waals surface area contributed by atoms with Crippen LogP contribution in [0, 0.1) is 0 Å². The van der Waals surface area contributed by atoms with Crippen LogP contribution in [0.3, 0.4) is 0 Å². The van der Waals surface area contributed by atoms with Gasteiger partial charge in [0.25, 0.3) is 0 Å². The van der Waals surface area contributed by atoms with Crippen LogP contribution >= 0.6 is 0 Å². The van der Waals surface area contributed by atoms with Crippen molar-refractivity contribution in [1.29, 1.82) is 0 Å². The lowest BCUT2D eigenvalue weighted by Crippen LogP contribution is -2.12. The molecule has 0 amide bonds. The van der Waals surface area contributed by atoms with Crippen LogP contribution in [0.4, 0.5) is 0 Å². The molecule has 0 aliphatic heterocycles. The maximum Gasteiger partial charge on any atom is 0.333 e. The zero-order valence-corrected chi connectivity index (χ0v) is 9.64. The Morgan fingerprint density at radius 1 is 1.38 bits per heavy atom. The van der Waals surface area contributed by atoms with E-state index in [1.807, 2.05) is 49.4 Å². The summed E-state index contributed by atoms with van der Waals surface area (Å²) in [6, 6.07) is 9.87. The molecule has 0 unspecified atom stereocenters. The van der Waals surface area contributed by atoms with E-state index in [2.05, 4.69) is 6.58 Å². The van der Waals surface area contributed by atoms with E-state index < -0.39 is 0 Å². The first-order valence-corrected chi connectivity index (χ1v) is 5.19. The predicted molar refractivity (Wildman–Crippen MR) is 65.8 cm³/mol. The van der Waals surface area contributed by atoms with Crippen LogP contribution in [0.15, 0.2) is 48.6 Å². The molecule has 1 aromatic rings. The summed E-state index contributed by atoms with van der Waals surface area (Å²) in [6.07, 6.45) is 3.52. The highest BCUT2D eigenvalue weighted by Gasteiger charge is 2.06. The number of carbonyl (C=O) groups is 1. The Bertz CT molecular complexity index is 390. The molecule has 2 nitrogen and oxygen atoms in total. The van der Waals surface area contributed by atoms with Gasteiger partial charge in [-0.3, -0.25) is 0 Å². The van der Waals surface area contributed by atoms with Gasteiger partial charge in [-0.05, 0) is 25.5 Å². The molecule has 0 spiro atoms. The molecule has 16 heavy (non-hydrogen) atoms. The molecule has 1 aromatic carbocycles. The standard InChI is InChI=1S/C14H16O2/c1-11(2)14(15)16-12(3)9-10-13-7-5-4-6-8-13/h4-10,12H,1H2,2-3H3/b10-9+/t12-/m0/s1. The van der Waals surface area contributed by atoms with Crippen molar-refractivity contribution in [1.82, 2.24) is 0 Å². The van der Waals surface area contributed by atoms with Gasteiger partial charge < -0.3 is 4.74 Å². The third-order valence-corrected chi connectivity index (χ3v) is 2.00. The molecule has 84 valence electrons. The first-order chi connectivity index (χ1) is 7.59. The molecule has 0 saturated carbocycles. The van der Waals surface area contributed by atoms with Crippen molar-refractivity contribution in [3.8, 4) is 0 Å². The number of rotatable bonds is 4. The van der Waals surface area contributed by atoms with Crippen molar-refractivity contribution < 1.29 is 9.53 Å². The van der Waals surface area contributed by atoms with E-state index in [1.165, 1.54) is 0 Å². The van der Waals surface area contributed by atoms with Crippen molar-refractivity contribution in [3.63, 3.8) is 0 Å². The molecule has 1 atom stereocenters.